The molecule has 1 atom stereocenters. The van der Waals surface area contributed by atoms with Crippen molar-refractivity contribution in [3.05, 3.63) is 22.3 Å². The Bertz CT molecular complexity index is 7740. The Morgan fingerprint density at radius 2 is 0.494 bits per heavy atom. The van der Waals surface area contributed by atoms with Gasteiger partial charge in [-0.1, -0.05) is 45.4 Å². The van der Waals surface area contributed by atoms with Crippen LogP contribution in [0, 0.1) is 0 Å². The first kappa shape index (κ1) is 36.0. The fourth-order valence-corrected chi connectivity index (χ4v) is 39.0. The third-order valence-electron chi connectivity index (χ3n) is 31.4. The number of carbonyl (C=O) groups is 2. The van der Waals surface area contributed by atoms with Gasteiger partial charge < -0.3 is 9.84 Å². The molecule has 2 spiro atoms. The molecular formula is C80H31O4P. The van der Waals surface area contributed by atoms with Crippen LogP contribution in [-0.4, -0.2) is 51.8 Å². The number of hydrogen-bond acceptors (Lipinski definition) is 4. The second-order valence-corrected chi connectivity index (χ2v) is 36.1. The van der Waals surface area contributed by atoms with Gasteiger partial charge in [0.25, 0.3) is 0 Å². The molecule has 8 aliphatic rings. The zero-order valence-electron chi connectivity index (χ0n) is 45.3. The predicted molar refractivity (Wildman–Crippen MR) is 355 cm³/mol. The summed E-state index contributed by atoms with van der Waals surface area (Å²) in [6.07, 6.45) is 13.6. The van der Waals surface area contributed by atoms with Gasteiger partial charge in [-0.15, -0.1) is 0 Å². The van der Waals surface area contributed by atoms with Gasteiger partial charge in [0.05, 0.1) is 12.5 Å². The summed E-state index contributed by atoms with van der Waals surface area (Å²) in [6, 6.07) is 0. The zero-order chi connectivity index (χ0) is 52.1. The second-order valence-electron chi connectivity index (χ2n) is 31.8. The summed E-state index contributed by atoms with van der Waals surface area (Å²) in [5.41, 5.74) is 0.637. The third kappa shape index (κ3) is 2.11. The maximum Gasteiger partial charge on any atom is 0.344 e. The molecule has 1 unspecified atom stereocenters. The van der Waals surface area contributed by atoms with Crippen LogP contribution in [0.15, 0.2) is 0 Å². The van der Waals surface area contributed by atoms with E-state index in [4.69, 9.17) is 4.74 Å². The summed E-state index contributed by atoms with van der Waals surface area (Å²) in [7, 11) is 1.59. The number of Topliss-reactive ketones (excluding diaryl/α,β-unsaturated/α-hetero) is 1. The fraction of sp³-hybridized carbons (Fsp3) is 0.237. The number of ketones is 1. The van der Waals surface area contributed by atoms with E-state index >= 15 is 14.7 Å². The maximum atomic E-state index is 19.7. The highest BCUT2D eigenvalue weighted by atomic mass is 31.2. The first-order valence-electron chi connectivity index (χ1n) is 32.9. The Kier molecular flexibility index (Phi) is 3.69. The van der Waals surface area contributed by atoms with Gasteiger partial charge >= 0.3 is 5.97 Å². The topological polar surface area (TPSA) is 63.6 Å². The number of ether oxygens (including phenoxy) is 1. The summed E-state index contributed by atoms with van der Waals surface area (Å²) in [4.78, 5) is 37.2. The SMILES string of the molecule is COC(=O)C1(O)C(=P(C2CCCC2)(C2CCCC2)C2CCCC2)C(=O)C23c4c5c6c7c8c9c(c%10c%11c2c2c4c4c%12c5c5c6c6c8c8c%13c9c9c%10c%10c%11c%11c2c2c4c4c%12c%12c5c5c6c8c6c8c%13c9c9c%10c%10c%11c2c2c4c4c%12c5c6c5c8c9c%10c2c45)C713. The van der Waals surface area contributed by atoms with Gasteiger partial charge in [0.1, 0.15) is 5.41 Å². The van der Waals surface area contributed by atoms with Crippen LogP contribution in [-0.2, 0) is 25.2 Å². The van der Waals surface area contributed by atoms with Crippen LogP contribution in [0.25, 0.3) is 291 Å². The number of esters is 1. The molecule has 36 rings (SSSR count). The van der Waals surface area contributed by atoms with Gasteiger partial charge in [-0.05, 0) is 369 Å². The number of methoxy groups -OCH3 is 1. The summed E-state index contributed by atoms with van der Waals surface area (Å²) >= 11 is 0. The molecule has 0 aliphatic heterocycles. The van der Waals surface area contributed by atoms with Gasteiger partial charge in [-0.25, -0.2) is 4.79 Å². The van der Waals surface area contributed by atoms with Crippen molar-refractivity contribution in [3.63, 3.8) is 0 Å². The van der Waals surface area contributed by atoms with Crippen molar-refractivity contribution < 1.29 is 19.4 Å². The molecule has 5 heteroatoms. The molecule has 4 saturated carbocycles. The average molecular weight is 1090 g/mol. The van der Waals surface area contributed by atoms with E-state index in [0.29, 0.717) is 17.0 Å². The molecule has 4 fully saturated rings. The van der Waals surface area contributed by atoms with Crippen molar-refractivity contribution in [2.24, 2.45) is 0 Å². The van der Waals surface area contributed by atoms with Crippen LogP contribution in [0.1, 0.15) is 99.3 Å². The largest absolute Gasteiger partial charge is 0.467 e. The van der Waals surface area contributed by atoms with Gasteiger partial charge in [0.15, 0.2) is 5.78 Å². The molecule has 0 amide bonds. The Balaban J connectivity index is 1.03. The first-order valence-corrected chi connectivity index (χ1v) is 34.9. The summed E-state index contributed by atoms with van der Waals surface area (Å²) < 4.78 is 6.70. The van der Waals surface area contributed by atoms with E-state index in [9.17, 15) is 0 Å². The lowest BCUT2D eigenvalue weighted by Gasteiger charge is -2.53. The van der Waals surface area contributed by atoms with Crippen molar-refractivity contribution in [3.8, 4) is 0 Å². The highest BCUT2D eigenvalue weighted by molar-refractivity contribution is 7.80. The Labute approximate surface area is 471 Å². The maximum absolute atomic E-state index is 19.7. The van der Waals surface area contributed by atoms with Crippen molar-refractivity contribution in [2.45, 2.75) is 110 Å². The standard InChI is InChI=1S/C80H31O4P/c1-84-77(82)80(83)76(85(14-8-2-3-9-14,15-10-4-5-11-15)16-12-6-7-13-16)75(81)78-71-63-55-45-35-27-19-17-18-21-25-23(19)31-39-33(25)43-37-29(21)30-22(18)26-24-20(17)28(27)36-42-32(24)40-34(26)44-38(30)48-47(37)59-53(43)61-51(39)57(49(55)41(31)35)65(71)67(61)73-69(59)70-60(48)54(44)62-52(40)58-50(42)56(46(36)45)64(63)72(78)66(58)68(62)74(70)79(73,78)80/h14-16,83H,2-13H2,1H3. The average Bonchev–Trinajstić information content (AvgIpc) is 1.38. The highest BCUT2D eigenvalue weighted by Gasteiger charge is 2.87. The van der Waals surface area contributed by atoms with Gasteiger partial charge in [-0.2, -0.15) is 0 Å². The molecule has 1 N–H and O–H groups in total. The van der Waals surface area contributed by atoms with Crippen LogP contribution in [0.4, 0.5) is 0 Å². The molecule has 8 aliphatic carbocycles. The summed E-state index contributed by atoms with van der Waals surface area (Å²) in [6.45, 7) is -2.73. The normalized spacial score (nSPS) is 26.2. The Hall–Kier alpha value is -8.14. The predicted octanol–water partition coefficient (Wildman–Crippen LogP) is 19.8. The minimum absolute atomic E-state index is 0.189. The van der Waals surface area contributed by atoms with Crippen LogP contribution >= 0.6 is 6.89 Å². The van der Waals surface area contributed by atoms with E-state index < -0.39 is 29.3 Å². The monoisotopic (exact) mass is 1090 g/mol. The molecule has 0 radical (unpaired) electrons. The molecule has 28 aromatic carbocycles. The molecule has 0 heterocycles. The molecule has 4 nitrogen and oxygen atoms in total. The number of rotatable bonds is 4. The first-order chi connectivity index (χ1) is 42.1. The lowest BCUT2D eigenvalue weighted by atomic mass is 9.47. The van der Waals surface area contributed by atoms with Crippen molar-refractivity contribution in [1.29, 1.82) is 0 Å². The van der Waals surface area contributed by atoms with Gasteiger partial charge in [-0.3, -0.25) is 4.79 Å². The van der Waals surface area contributed by atoms with Crippen LogP contribution in [0.5, 0.6) is 0 Å². The number of benzene rings is 18. The van der Waals surface area contributed by atoms with Gasteiger partial charge in [0, 0.05) is 5.29 Å². The minimum atomic E-state index is -2.73. The zero-order valence-corrected chi connectivity index (χ0v) is 46.2. The molecule has 0 bridgehead atoms. The van der Waals surface area contributed by atoms with E-state index in [0.717, 1.165) is 43.8 Å². The van der Waals surface area contributed by atoms with Crippen LogP contribution in [0.3, 0.4) is 0 Å². The second kappa shape index (κ2) is 8.72. The van der Waals surface area contributed by atoms with Crippen LogP contribution in [0.2, 0.25) is 0 Å². The summed E-state index contributed by atoms with van der Waals surface area (Å²) in [5.74, 6) is -0.349. The van der Waals surface area contributed by atoms with E-state index in [2.05, 4.69) is 0 Å². The van der Waals surface area contributed by atoms with Crippen LogP contribution < -0.4 is 0 Å². The fourth-order valence-electron chi connectivity index (χ4n) is 31.1. The van der Waals surface area contributed by atoms with Crippen molar-refractivity contribution in [1.82, 2.24) is 0 Å². The highest BCUT2D eigenvalue weighted by Crippen LogP contribution is 2.89. The van der Waals surface area contributed by atoms with Crippen molar-refractivity contribution in [2.75, 3.05) is 7.11 Å². The molecule has 28 aromatic rings. The molecule has 85 heavy (non-hydrogen) atoms. The Morgan fingerprint density at radius 1 is 0.318 bits per heavy atom. The lowest BCUT2D eigenvalue weighted by Crippen LogP contribution is -2.65. The lowest BCUT2D eigenvalue weighted by molar-refractivity contribution is -0.160. The minimum Gasteiger partial charge on any atom is -0.467 e. The summed E-state index contributed by atoms with van der Waals surface area (Å²) in [5, 5.41) is 97.1. The molecule has 0 aromatic heterocycles. The molecule has 380 valence electrons. The number of carbonyl (C=O) groups excluding carboxylic acids is 2. The van der Waals surface area contributed by atoms with E-state index in [1.165, 1.54) is 287 Å². The quantitative estimate of drug-likeness (QED) is 0.108. The smallest absolute Gasteiger partial charge is 0.344 e. The van der Waals surface area contributed by atoms with Crippen molar-refractivity contribution >= 4 is 315 Å². The van der Waals surface area contributed by atoms with E-state index in [1.54, 1.807) is 71.7 Å². The number of hydrogen-bond donors (Lipinski definition) is 1. The van der Waals surface area contributed by atoms with Gasteiger partial charge in [0.2, 0.25) is 5.60 Å². The van der Waals surface area contributed by atoms with E-state index in [-0.39, 0.29) is 5.78 Å². The molecular weight excluding hydrogens is 1060 g/mol. The Morgan fingerprint density at radius 3 is 0.682 bits per heavy atom. The third-order valence-corrected chi connectivity index (χ3v) is 37.9. The molecule has 0 saturated heterocycles. The number of aliphatic hydroxyl groups is 1. The van der Waals surface area contributed by atoms with E-state index in [1.807, 2.05) is 0 Å².